The van der Waals surface area contributed by atoms with Gasteiger partial charge in [0, 0.05) is 11.1 Å². The standard InChI is InChI=1S/C16H18N2O3.C9H12N2O3/c1-19-13-8-12(16(17)18)9-14(20-2)15(13)21-10-11-6-4-3-5-7-11;1-13-6-3-5(9(10)11)4-7(14-2)8(6)12/h3-9H,10H2,1-2H3,(H3,17,18);3-4,12H,1-2H3,(H3,10,11). The fourth-order valence-corrected chi connectivity index (χ4v) is 2.96. The van der Waals surface area contributed by atoms with Gasteiger partial charge in [0.05, 0.1) is 28.4 Å². The van der Waals surface area contributed by atoms with Crippen molar-refractivity contribution in [2.45, 2.75) is 6.61 Å². The lowest BCUT2D eigenvalue weighted by molar-refractivity contribution is 0.266. The lowest BCUT2D eigenvalue weighted by Crippen LogP contribution is -2.12. The van der Waals surface area contributed by atoms with Crippen LogP contribution in [-0.2, 0) is 6.61 Å². The van der Waals surface area contributed by atoms with Crippen molar-refractivity contribution in [3.8, 4) is 34.5 Å². The Hall–Kier alpha value is -4.60. The van der Waals surface area contributed by atoms with Gasteiger partial charge in [-0.25, -0.2) is 0 Å². The van der Waals surface area contributed by atoms with E-state index in [-0.39, 0.29) is 28.9 Å². The SMILES string of the molecule is COc1cc(C(=N)N)cc(OC)c1O.COc1cc(C(=N)N)cc(OC)c1OCc1ccccc1. The van der Waals surface area contributed by atoms with E-state index in [4.69, 9.17) is 46.0 Å². The van der Waals surface area contributed by atoms with Crippen molar-refractivity contribution in [1.29, 1.82) is 10.8 Å². The molecule has 0 saturated carbocycles. The number of hydrogen-bond acceptors (Lipinski definition) is 8. The molecule has 0 unspecified atom stereocenters. The third-order valence-electron chi connectivity index (χ3n) is 4.79. The van der Waals surface area contributed by atoms with E-state index in [2.05, 4.69) is 0 Å². The van der Waals surface area contributed by atoms with E-state index in [9.17, 15) is 5.11 Å². The van der Waals surface area contributed by atoms with Gasteiger partial charge in [-0.2, -0.15) is 0 Å². The first-order valence-corrected chi connectivity index (χ1v) is 10.3. The minimum atomic E-state index is -0.110. The van der Waals surface area contributed by atoms with Crippen LogP contribution in [0.25, 0.3) is 0 Å². The van der Waals surface area contributed by atoms with Crippen LogP contribution in [0.3, 0.4) is 0 Å². The molecule has 0 bridgehead atoms. The number of nitrogens with one attached hydrogen (secondary N) is 2. The van der Waals surface area contributed by atoms with Gasteiger partial charge in [0.1, 0.15) is 18.3 Å². The third kappa shape index (κ3) is 6.94. The van der Waals surface area contributed by atoms with Crippen LogP contribution < -0.4 is 35.2 Å². The number of phenolic OH excluding ortho intramolecular Hbond substituents is 1. The highest BCUT2D eigenvalue weighted by molar-refractivity contribution is 5.96. The minimum Gasteiger partial charge on any atom is -0.502 e. The molecule has 10 nitrogen and oxygen atoms in total. The van der Waals surface area contributed by atoms with E-state index in [1.165, 1.54) is 40.6 Å². The average molecular weight is 483 g/mol. The molecule has 0 atom stereocenters. The Balaban J connectivity index is 0.000000269. The van der Waals surface area contributed by atoms with Crippen molar-refractivity contribution in [1.82, 2.24) is 0 Å². The summed E-state index contributed by atoms with van der Waals surface area (Å²) in [5.41, 5.74) is 12.8. The Morgan fingerprint density at radius 1 is 0.714 bits per heavy atom. The van der Waals surface area contributed by atoms with Crippen molar-refractivity contribution in [3.63, 3.8) is 0 Å². The zero-order valence-electron chi connectivity index (χ0n) is 20.0. The quantitative estimate of drug-likeness (QED) is 0.229. The highest BCUT2D eigenvalue weighted by Crippen LogP contribution is 2.39. The Morgan fingerprint density at radius 2 is 1.11 bits per heavy atom. The first-order valence-electron chi connectivity index (χ1n) is 10.3. The number of aromatic hydroxyl groups is 1. The van der Waals surface area contributed by atoms with Gasteiger partial charge in [-0.05, 0) is 29.8 Å². The Kier molecular flexibility index (Phi) is 9.59. The normalized spacial score (nSPS) is 9.83. The monoisotopic (exact) mass is 482 g/mol. The van der Waals surface area contributed by atoms with Crippen LogP contribution in [0.1, 0.15) is 16.7 Å². The highest BCUT2D eigenvalue weighted by atomic mass is 16.5. The molecule has 7 N–H and O–H groups in total. The van der Waals surface area contributed by atoms with Gasteiger partial charge in [-0.15, -0.1) is 0 Å². The lowest BCUT2D eigenvalue weighted by atomic mass is 10.1. The number of nitrogen functional groups attached to an aromatic ring is 2. The maximum atomic E-state index is 9.53. The van der Waals surface area contributed by atoms with Crippen LogP contribution in [0.4, 0.5) is 0 Å². The molecular formula is C25H30N4O6. The maximum Gasteiger partial charge on any atom is 0.203 e. The van der Waals surface area contributed by atoms with E-state index in [0.717, 1.165) is 5.56 Å². The zero-order valence-corrected chi connectivity index (χ0v) is 20.0. The molecule has 3 aromatic carbocycles. The van der Waals surface area contributed by atoms with Gasteiger partial charge in [0.15, 0.2) is 23.0 Å². The van der Waals surface area contributed by atoms with Gasteiger partial charge in [-0.3, -0.25) is 10.8 Å². The summed E-state index contributed by atoms with van der Waals surface area (Å²) in [5.74, 6) is 1.66. The van der Waals surface area contributed by atoms with Crippen molar-refractivity contribution >= 4 is 11.7 Å². The first-order chi connectivity index (χ1) is 16.7. The van der Waals surface area contributed by atoms with Crippen LogP contribution in [0, 0.1) is 10.8 Å². The van der Waals surface area contributed by atoms with Crippen LogP contribution in [-0.4, -0.2) is 45.2 Å². The van der Waals surface area contributed by atoms with E-state index in [1.54, 1.807) is 12.1 Å². The summed E-state index contributed by atoms with van der Waals surface area (Å²) in [7, 11) is 5.90. The summed E-state index contributed by atoms with van der Waals surface area (Å²) >= 11 is 0. The molecule has 3 aromatic rings. The molecule has 0 aromatic heterocycles. The second-order valence-electron chi connectivity index (χ2n) is 7.04. The molecular weight excluding hydrogens is 452 g/mol. The Morgan fingerprint density at radius 3 is 1.49 bits per heavy atom. The molecule has 0 amide bonds. The van der Waals surface area contributed by atoms with Crippen LogP contribution in [0.15, 0.2) is 54.6 Å². The molecule has 10 heteroatoms. The molecule has 0 radical (unpaired) electrons. The summed E-state index contributed by atoms with van der Waals surface area (Å²) in [5, 5.41) is 24.3. The smallest absolute Gasteiger partial charge is 0.203 e. The second-order valence-corrected chi connectivity index (χ2v) is 7.04. The number of methoxy groups -OCH3 is 4. The third-order valence-corrected chi connectivity index (χ3v) is 4.79. The lowest BCUT2D eigenvalue weighted by Gasteiger charge is -2.16. The number of benzene rings is 3. The maximum absolute atomic E-state index is 9.53. The van der Waals surface area contributed by atoms with E-state index >= 15 is 0 Å². The topological polar surface area (TPSA) is 166 Å². The predicted octanol–water partition coefficient (Wildman–Crippen LogP) is 3.26. The van der Waals surface area contributed by atoms with Gasteiger partial charge in [0.2, 0.25) is 11.5 Å². The van der Waals surface area contributed by atoms with E-state index in [0.29, 0.717) is 35.0 Å². The predicted molar refractivity (Wildman–Crippen MR) is 134 cm³/mol. The average Bonchev–Trinajstić information content (AvgIpc) is 2.87. The number of ether oxygens (including phenoxy) is 5. The molecule has 35 heavy (non-hydrogen) atoms. The molecule has 0 spiro atoms. The first kappa shape index (κ1) is 26.7. The molecule has 0 aliphatic rings. The molecule has 0 heterocycles. The summed E-state index contributed by atoms with van der Waals surface area (Å²) in [6.07, 6.45) is 0. The van der Waals surface area contributed by atoms with Crippen LogP contribution >= 0.6 is 0 Å². The summed E-state index contributed by atoms with van der Waals surface area (Å²) < 4.78 is 26.2. The number of phenols is 1. The summed E-state index contributed by atoms with van der Waals surface area (Å²) in [4.78, 5) is 0. The molecule has 0 aliphatic heterocycles. The minimum absolute atomic E-state index is 0.0544. The largest absolute Gasteiger partial charge is 0.502 e. The van der Waals surface area contributed by atoms with Crippen molar-refractivity contribution in [2.75, 3.05) is 28.4 Å². The van der Waals surface area contributed by atoms with Crippen molar-refractivity contribution in [2.24, 2.45) is 11.5 Å². The Labute approximate surface area is 204 Å². The fourth-order valence-electron chi connectivity index (χ4n) is 2.96. The van der Waals surface area contributed by atoms with E-state index in [1.807, 2.05) is 30.3 Å². The number of hydrogen-bond donors (Lipinski definition) is 5. The molecule has 0 fully saturated rings. The van der Waals surface area contributed by atoms with Gasteiger partial charge < -0.3 is 40.3 Å². The van der Waals surface area contributed by atoms with Gasteiger partial charge >= 0.3 is 0 Å². The highest BCUT2D eigenvalue weighted by Gasteiger charge is 2.15. The van der Waals surface area contributed by atoms with Crippen LogP contribution in [0.5, 0.6) is 34.5 Å². The van der Waals surface area contributed by atoms with Crippen molar-refractivity contribution in [3.05, 3.63) is 71.3 Å². The van der Waals surface area contributed by atoms with E-state index < -0.39 is 0 Å². The summed E-state index contributed by atoms with van der Waals surface area (Å²) in [6, 6.07) is 16.1. The van der Waals surface area contributed by atoms with Crippen LogP contribution in [0.2, 0.25) is 0 Å². The number of nitrogens with two attached hydrogens (primary N) is 2. The second kappa shape index (κ2) is 12.6. The van der Waals surface area contributed by atoms with Gasteiger partial charge in [0.25, 0.3) is 0 Å². The number of rotatable bonds is 9. The van der Waals surface area contributed by atoms with Crippen molar-refractivity contribution < 1.29 is 28.8 Å². The summed E-state index contributed by atoms with van der Waals surface area (Å²) in [6.45, 7) is 0.396. The fraction of sp³-hybridized carbons (Fsp3) is 0.200. The molecule has 3 rings (SSSR count). The van der Waals surface area contributed by atoms with Gasteiger partial charge in [-0.1, -0.05) is 30.3 Å². The molecule has 0 saturated heterocycles. The molecule has 0 aliphatic carbocycles. The Bertz CT molecular complexity index is 1120. The zero-order chi connectivity index (χ0) is 26.0. The number of amidine groups is 2. The molecule has 186 valence electrons.